The first-order valence-corrected chi connectivity index (χ1v) is 9.86. The molecular weight excluding hydrogens is 372 g/mol. The Morgan fingerprint density at radius 1 is 1.07 bits per heavy atom. The molecule has 5 nitrogen and oxygen atoms in total. The molecule has 0 radical (unpaired) electrons. The van der Waals surface area contributed by atoms with Crippen LogP contribution in [-0.4, -0.2) is 23.5 Å². The number of esters is 1. The van der Waals surface area contributed by atoms with E-state index in [1.165, 1.54) is 11.3 Å². The molecule has 0 spiro atoms. The van der Waals surface area contributed by atoms with Crippen LogP contribution in [0.4, 0.5) is 5.69 Å². The van der Waals surface area contributed by atoms with Gasteiger partial charge in [-0.3, -0.25) is 4.79 Å². The second-order valence-corrected chi connectivity index (χ2v) is 7.66. The second-order valence-electron chi connectivity index (χ2n) is 6.67. The van der Waals surface area contributed by atoms with Gasteiger partial charge in [0, 0.05) is 11.3 Å². The van der Waals surface area contributed by atoms with Gasteiger partial charge in [0.2, 0.25) is 0 Å². The topological polar surface area (TPSA) is 68.3 Å². The molecule has 144 valence electrons. The number of nitrogens with zero attached hydrogens (tertiary/aromatic N) is 1. The lowest BCUT2D eigenvalue weighted by atomic mass is 10.0. The third-order valence-corrected chi connectivity index (χ3v) is 5.38. The highest BCUT2D eigenvalue weighted by atomic mass is 32.1. The van der Waals surface area contributed by atoms with Crippen LogP contribution in [0.25, 0.3) is 10.6 Å². The summed E-state index contributed by atoms with van der Waals surface area (Å²) >= 11 is 1.27. The number of anilines is 1. The van der Waals surface area contributed by atoms with E-state index in [-0.39, 0.29) is 18.4 Å². The van der Waals surface area contributed by atoms with Crippen LogP contribution in [0.1, 0.15) is 40.7 Å². The van der Waals surface area contributed by atoms with Crippen LogP contribution in [0.2, 0.25) is 0 Å². The van der Waals surface area contributed by atoms with Gasteiger partial charge in [-0.1, -0.05) is 62.4 Å². The summed E-state index contributed by atoms with van der Waals surface area (Å²) in [5, 5.41) is 3.57. The van der Waals surface area contributed by atoms with Crippen molar-refractivity contribution in [1.82, 2.24) is 4.98 Å². The number of aromatic nitrogens is 1. The van der Waals surface area contributed by atoms with Gasteiger partial charge in [0.15, 0.2) is 6.61 Å². The predicted octanol–water partition coefficient (Wildman–Crippen LogP) is 5.04. The number of thiazole rings is 1. The zero-order valence-electron chi connectivity index (χ0n) is 16.1. The highest BCUT2D eigenvalue weighted by Gasteiger charge is 2.19. The smallest absolute Gasteiger partial charge is 0.350 e. The number of rotatable bonds is 6. The Morgan fingerprint density at radius 2 is 1.75 bits per heavy atom. The minimum atomic E-state index is -0.538. The summed E-state index contributed by atoms with van der Waals surface area (Å²) in [7, 11) is 0. The number of carbonyl (C=O) groups excluding carboxylic acids is 2. The molecule has 0 saturated carbocycles. The third-order valence-electron chi connectivity index (χ3n) is 4.19. The van der Waals surface area contributed by atoms with E-state index < -0.39 is 5.97 Å². The van der Waals surface area contributed by atoms with Crippen LogP contribution in [-0.2, 0) is 9.53 Å². The number of amides is 1. The predicted molar refractivity (Wildman–Crippen MR) is 112 cm³/mol. The van der Waals surface area contributed by atoms with Gasteiger partial charge in [-0.05, 0) is 24.5 Å². The van der Waals surface area contributed by atoms with Crippen LogP contribution in [0, 0.1) is 6.92 Å². The molecule has 0 bridgehead atoms. The zero-order valence-corrected chi connectivity index (χ0v) is 16.9. The lowest BCUT2D eigenvalue weighted by molar-refractivity contribution is -0.119. The van der Waals surface area contributed by atoms with E-state index >= 15 is 0 Å². The largest absolute Gasteiger partial charge is 0.451 e. The van der Waals surface area contributed by atoms with Crippen molar-refractivity contribution in [2.24, 2.45) is 0 Å². The molecule has 0 atom stereocenters. The maximum Gasteiger partial charge on any atom is 0.350 e. The highest BCUT2D eigenvalue weighted by Crippen LogP contribution is 2.28. The van der Waals surface area contributed by atoms with E-state index in [0.717, 1.165) is 21.8 Å². The average molecular weight is 394 g/mol. The lowest BCUT2D eigenvalue weighted by Gasteiger charge is -2.13. The average Bonchev–Trinajstić information content (AvgIpc) is 3.09. The lowest BCUT2D eigenvalue weighted by Crippen LogP contribution is -2.21. The molecule has 3 rings (SSSR count). The number of hydrogen-bond acceptors (Lipinski definition) is 5. The van der Waals surface area contributed by atoms with Crippen LogP contribution >= 0.6 is 11.3 Å². The Kier molecular flexibility index (Phi) is 6.21. The van der Waals surface area contributed by atoms with E-state index in [1.807, 2.05) is 54.6 Å². The molecule has 1 heterocycles. The maximum atomic E-state index is 12.4. The Morgan fingerprint density at radius 3 is 2.46 bits per heavy atom. The SMILES string of the molecule is Cc1nc(-c2ccccc2)sc1C(=O)OCC(=O)Nc1ccccc1C(C)C. The van der Waals surface area contributed by atoms with E-state index in [1.54, 1.807) is 6.92 Å². The van der Waals surface area contributed by atoms with Crippen molar-refractivity contribution >= 4 is 28.9 Å². The Bertz CT molecular complexity index is 980. The van der Waals surface area contributed by atoms with Crippen molar-refractivity contribution in [3.8, 4) is 10.6 Å². The summed E-state index contributed by atoms with van der Waals surface area (Å²) in [6, 6.07) is 17.2. The van der Waals surface area contributed by atoms with Crippen molar-refractivity contribution in [3.63, 3.8) is 0 Å². The van der Waals surface area contributed by atoms with Crippen molar-refractivity contribution in [1.29, 1.82) is 0 Å². The molecule has 1 N–H and O–H groups in total. The van der Waals surface area contributed by atoms with Crippen LogP contribution in [0.5, 0.6) is 0 Å². The molecule has 1 amide bonds. The molecule has 0 saturated heterocycles. The molecule has 0 fully saturated rings. The highest BCUT2D eigenvalue weighted by molar-refractivity contribution is 7.17. The molecule has 3 aromatic rings. The van der Waals surface area contributed by atoms with Gasteiger partial charge in [-0.25, -0.2) is 9.78 Å². The third kappa shape index (κ3) is 4.64. The standard InChI is InChI=1S/C22H22N2O3S/c1-14(2)17-11-7-8-12-18(17)24-19(25)13-27-22(26)20-15(3)23-21(28-20)16-9-5-4-6-10-16/h4-12,14H,13H2,1-3H3,(H,24,25). The Hall–Kier alpha value is -2.99. The van der Waals surface area contributed by atoms with E-state index in [2.05, 4.69) is 24.1 Å². The van der Waals surface area contributed by atoms with Gasteiger partial charge < -0.3 is 10.1 Å². The second kappa shape index (κ2) is 8.80. The van der Waals surface area contributed by atoms with Crippen LogP contribution in [0.15, 0.2) is 54.6 Å². The van der Waals surface area contributed by atoms with E-state index in [0.29, 0.717) is 10.6 Å². The fraction of sp³-hybridized carbons (Fsp3) is 0.227. The number of nitrogens with one attached hydrogen (secondary N) is 1. The van der Waals surface area contributed by atoms with Gasteiger partial charge >= 0.3 is 5.97 Å². The molecule has 1 aromatic heterocycles. The summed E-state index contributed by atoms with van der Waals surface area (Å²) in [6.07, 6.45) is 0. The van der Waals surface area contributed by atoms with Gasteiger partial charge in [0.05, 0.1) is 5.69 Å². The van der Waals surface area contributed by atoms with Crippen molar-refractivity contribution < 1.29 is 14.3 Å². The maximum absolute atomic E-state index is 12.4. The summed E-state index contributed by atoms with van der Waals surface area (Å²) in [6.45, 7) is 5.53. The molecule has 28 heavy (non-hydrogen) atoms. The number of aryl methyl sites for hydroxylation is 1. The molecule has 2 aromatic carbocycles. The summed E-state index contributed by atoms with van der Waals surface area (Å²) in [4.78, 5) is 29.5. The fourth-order valence-corrected chi connectivity index (χ4v) is 3.75. The summed E-state index contributed by atoms with van der Waals surface area (Å²) < 4.78 is 5.21. The minimum absolute atomic E-state index is 0.273. The number of carbonyl (C=O) groups is 2. The quantitative estimate of drug-likeness (QED) is 0.595. The number of para-hydroxylation sites is 1. The van der Waals surface area contributed by atoms with E-state index in [9.17, 15) is 9.59 Å². The molecular formula is C22H22N2O3S. The molecule has 0 aliphatic rings. The first-order valence-electron chi connectivity index (χ1n) is 9.04. The minimum Gasteiger partial charge on any atom is -0.451 e. The molecule has 0 unspecified atom stereocenters. The zero-order chi connectivity index (χ0) is 20.1. The number of ether oxygens (including phenoxy) is 1. The molecule has 0 aliphatic heterocycles. The van der Waals surface area contributed by atoms with Crippen LogP contribution in [0.3, 0.4) is 0 Å². The summed E-state index contributed by atoms with van der Waals surface area (Å²) in [5.74, 6) is -0.633. The van der Waals surface area contributed by atoms with Gasteiger partial charge in [0.25, 0.3) is 5.91 Å². The number of benzene rings is 2. The van der Waals surface area contributed by atoms with Crippen LogP contribution < -0.4 is 5.32 Å². The molecule has 6 heteroatoms. The first-order chi connectivity index (χ1) is 13.5. The Labute approximate surface area is 168 Å². The number of hydrogen-bond donors (Lipinski definition) is 1. The van der Waals surface area contributed by atoms with E-state index in [4.69, 9.17) is 4.74 Å². The van der Waals surface area contributed by atoms with Crippen molar-refractivity contribution in [2.75, 3.05) is 11.9 Å². The normalized spacial score (nSPS) is 10.7. The Balaban J connectivity index is 1.63. The van der Waals surface area contributed by atoms with Gasteiger partial charge in [-0.15, -0.1) is 11.3 Å². The summed E-state index contributed by atoms with van der Waals surface area (Å²) in [5.41, 5.74) is 3.31. The molecule has 0 aliphatic carbocycles. The van der Waals surface area contributed by atoms with Gasteiger partial charge in [-0.2, -0.15) is 0 Å². The fourth-order valence-electron chi connectivity index (χ4n) is 2.79. The van der Waals surface area contributed by atoms with Crippen molar-refractivity contribution in [3.05, 3.63) is 70.7 Å². The van der Waals surface area contributed by atoms with Crippen molar-refractivity contribution in [2.45, 2.75) is 26.7 Å². The van der Waals surface area contributed by atoms with Gasteiger partial charge in [0.1, 0.15) is 9.88 Å². The first kappa shape index (κ1) is 19.8. The monoisotopic (exact) mass is 394 g/mol.